The average molecular weight is 574 g/mol. The third-order valence-electron chi connectivity index (χ3n) is 7.94. The number of thiazole rings is 1. The van der Waals surface area contributed by atoms with E-state index in [0.29, 0.717) is 26.4 Å². The standard InChI is InChI=1S/C34H26N2O5S/c1-19-7-8-22(33(38)39)17-27(19)28-16-14-24(41-28)18-29-32(37)36-31(21-9-12-23(40-2)13-10-21)26-15-11-20-5-3-4-6-25(20)30(26)35-34(36)42-29/h3-10,12-14,16-18,31H,11,15H2,1-2H3,(H,38,39)/p-1/b29-18+/t31-/m0/s1. The van der Waals surface area contributed by atoms with Crippen LogP contribution in [0.15, 0.2) is 98.6 Å². The lowest BCUT2D eigenvalue weighted by Gasteiger charge is -2.30. The second-order valence-corrected chi connectivity index (χ2v) is 11.4. The van der Waals surface area contributed by atoms with Crippen LogP contribution >= 0.6 is 11.3 Å². The molecule has 1 aliphatic heterocycles. The molecule has 0 spiro atoms. The SMILES string of the molecule is COc1ccc([C@H]2C3=C(N=c4s/c(=C/c5ccc(-c6cc(C(=O)[O-])ccc6C)o5)c(=O)n42)c2ccccc2CC3)cc1. The van der Waals surface area contributed by atoms with E-state index in [1.54, 1.807) is 42.0 Å². The molecule has 1 aliphatic carbocycles. The summed E-state index contributed by atoms with van der Waals surface area (Å²) < 4.78 is 13.8. The molecule has 7 nitrogen and oxygen atoms in total. The molecular formula is C34H25N2O5S-. The molecule has 0 amide bonds. The molecule has 0 saturated carbocycles. The van der Waals surface area contributed by atoms with Crippen LogP contribution in [0.4, 0.5) is 0 Å². The second-order valence-electron chi connectivity index (χ2n) is 10.4. The van der Waals surface area contributed by atoms with Crippen LogP contribution in [0.5, 0.6) is 5.75 Å². The molecule has 8 heteroatoms. The van der Waals surface area contributed by atoms with Crippen LogP contribution < -0.4 is 24.7 Å². The number of carbonyl (C=O) groups is 1. The lowest BCUT2D eigenvalue weighted by Crippen LogP contribution is -2.38. The first-order chi connectivity index (χ1) is 20.4. The third kappa shape index (κ3) is 4.31. The van der Waals surface area contributed by atoms with Crippen molar-refractivity contribution in [3.63, 3.8) is 0 Å². The zero-order valence-corrected chi connectivity index (χ0v) is 23.7. The Labute approximate surface area is 245 Å². The highest BCUT2D eigenvalue weighted by molar-refractivity contribution is 7.07. The summed E-state index contributed by atoms with van der Waals surface area (Å²) in [6, 6.07) is 24.2. The molecule has 2 aliphatic rings. The Bertz CT molecular complexity index is 2100. The summed E-state index contributed by atoms with van der Waals surface area (Å²) in [6.45, 7) is 1.88. The number of benzene rings is 3. The lowest BCUT2D eigenvalue weighted by molar-refractivity contribution is -0.255. The molecule has 0 saturated heterocycles. The van der Waals surface area contributed by atoms with Gasteiger partial charge in [-0.3, -0.25) is 9.36 Å². The minimum atomic E-state index is -1.25. The van der Waals surface area contributed by atoms with Crippen molar-refractivity contribution < 1.29 is 19.1 Å². The molecule has 0 fully saturated rings. The summed E-state index contributed by atoms with van der Waals surface area (Å²) in [6.07, 6.45) is 3.42. The van der Waals surface area contributed by atoms with Crippen LogP contribution in [0.2, 0.25) is 0 Å². The Kier molecular flexibility index (Phi) is 6.28. The number of carboxylic acids is 1. The van der Waals surface area contributed by atoms with E-state index in [1.807, 2.05) is 37.3 Å². The second kappa shape index (κ2) is 10.2. The van der Waals surface area contributed by atoms with Crippen molar-refractivity contribution >= 4 is 29.1 Å². The van der Waals surface area contributed by atoms with E-state index in [0.717, 1.165) is 46.6 Å². The highest BCUT2D eigenvalue weighted by atomic mass is 32.1. The Morgan fingerprint density at radius 2 is 1.86 bits per heavy atom. The van der Waals surface area contributed by atoms with Gasteiger partial charge in [-0.25, -0.2) is 4.99 Å². The van der Waals surface area contributed by atoms with E-state index in [1.165, 1.54) is 23.0 Å². The van der Waals surface area contributed by atoms with Crippen LogP contribution in [0.1, 0.15) is 50.8 Å². The fourth-order valence-corrected chi connectivity index (χ4v) is 6.81. The molecule has 7 rings (SSSR count). The van der Waals surface area contributed by atoms with Gasteiger partial charge in [-0.15, -0.1) is 0 Å². The summed E-state index contributed by atoms with van der Waals surface area (Å²) in [5, 5.41) is 11.4. The Balaban J connectivity index is 1.37. The van der Waals surface area contributed by atoms with Gasteiger partial charge in [-0.1, -0.05) is 59.9 Å². The minimum Gasteiger partial charge on any atom is -0.545 e. The monoisotopic (exact) mass is 573 g/mol. The number of fused-ring (bicyclic) bond motifs is 3. The van der Waals surface area contributed by atoms with Crippen molar-refractivity contribution in [2.45, 2.75) is 25.8 Å². The maximum Gasteiger partial charge on any atom is 0.271 e. The number of allylic oxidation sites excluding steroid dienone is 1. The van der Waals surface area contributed by atoms with Crippen LogP contribution in [-0.2, 0) is 6.42 Å². The smallest absolute Gasteiger partial charge is 0.271 e. The van der Waals surface area contributed by atoms with Crippen molar-refractivity contribution in [2.24, 2.45) is 4.99 Å². The molecule has 5 aromatic rings. The number of methoxy groups -OCH3 is 1. The lowest BCUT2D eigenvalue weighted by atomic mass is 9.83. The largest absolute Gasteiger partial charge is 0.545 e. The van der Waals surface area contributed by atoms with E-state index < -0.39 is 5.97 Å². The molecule has 3 heterocycles. The number of ether oxygens (including phenoxy) is 1. The molecule has 42 heavy (non-hydrogen) atoms. The number of aromatic nitrogens is 1. The average Bonchev–Trinajstić information content (AvgIpc) is 3.60. The van der Waals surface area contributed by atoms with E-state index >= 15 is 0 Å². The summed E-state index contributed by atoms with van der Waals surface area (Å²) in [5.41, 5.74) is 6.89. The maximum absolute atomic E-state index is 14.0. The van der Waals surface area contributed by atoms with Crippen molar-refractivity contribution in [3.8, 4) is 17.1 Å². The van der Waals surface area contributed by atoms with Gasteiger partial charge in [-0.2, -0.15) is 0 Å². The molecule has 208 valence electrons. The number of carboxylic acid groups (broad SMARTS) is 1. The molecule has 3 aromatic carbocycles. The summed E-state index contributed by atoms with van der Waals surface area (Å²) in [4.78, 5) is 31.1. The van der Waals surface area contributed by atoms with Gasteiger partial charge in [0.15, 0.2) is 4.80 Å². The van der Waals surface area contributed by atoms with Crippen molar-refractivity contribution in [1.82, 2.24) is 4.57 Å². The zero-order chi connectivity index (χ0) is 29.0. The number of hydrogen-bond donors (Lipinski definition) is 0. The Hall–Kier alpha value is -4.95. The normalized spacial score (nSPS) is 16.0. The van der Waals surface area contributed by atoms with Gasteiger partial charge in [0.1, 0.15) is 17.3 Å². The number of aryl methyl sites for hydroxylation is 2. The van der Waals surface area contributed by atoms with E-state index in [-0.39, 0.29) is 17.2 Å². The van der Waals surface area contributed by atoms with Gasteiger partial charge < -0.3 is 19.1 Å². The van der Waals surface area contributed by atoms with Crippen LogP contribution in [0, 0.1) is 6.92 Å². The molecule has 2 aromatic heterocycles. The minimum absolute atomic E-state index is 0.0749. The first-order valence-corrected chi connectivity index (χ1v) is 14.4. The fourth-order valence-electron chi connectivity index (χ4n) is 5.83. The van der Waals surface area contributed by atoms with E-state index in [9.17, 15) is 14.7 Å². The molecule has 0 bridgehead atoms. The Morgan fingerprint density at radius 1 is 1.05 bits per heavy atom. The van der Waals surface area contributed by atoms with Crippen LogP contribution in [-0.4, -0.2) is 17.6 Å². The maximum atomic E-state index is 14.0. The number of carbonyl (C=O) groups excluding carboxylic acids is 1. The predicted octanol–water partition coefficient (Wildman–Crippen LogP) is 4.26. The third-order valence-corrected chi connectivity index (χ3v) is 8.93. The van der Waals surface area contributed by atoms with Gasteiger partial charge in [-0.05, 0) is 77.9 Å². The first-order valence-electron chi connectivity index (χ1n) is 13.6. The van der Waals surface area contributed by atoms with Gasteiger partial charge in [0, 0.05) is 17.2 Å². The summed E-state index contributed by atoms with van der Waals surface area (Å²) >= 11 is 1.33. The molecule has 0 unspecified atom stereocenters. The van der Waals surface area contributed by atoms with Crippen LogP contribution in [0.3, 0.4) is 0 Å². The first kappa shape index (κ1) is 26.0. The number of furan rings is 1. The van der Waals surface area contributed by atoms with Crippen molar-refractivity contribution in [3.05, 3.63) is 138 Å². The highest BCUT2D eigenvalue weighted by Crippen LogP contribution is 2.41. The molecule has 1 atom stereocenters. The molecular weight excluding hydrogens is 548 g/mol. The zero-order valence-electron chi connectivity index (χ0n) is 22.9. The number of nitrogens with zero attached hydrogens (tertiary/aromatic N) is 2. The van der Waals surface area contributed by atoms with Crippen molar-refractivity contribution in [1.29, 1.82) is 0 Å². The van der Waals surface area contributed by atoms with E-state index in [2.05, 4.69) is 18.2 Å². The topological polar surface area (TPSA) is 96.9 Å². The number of rotatable bonds is 5. The predicted molar refractivity (Wildman–Crippen MR) is 159 cm³/mol. The van der Waals surface area contributed by atoms with Crippen LogP contribution in [0.25, 0.3) is 23.1 Å². The fraction of sp³-hybridized carbons (Fsp3) is 0.147. The summed E-state index contributed by atoms with van der Waals surface area (Å²) in [7, 11) is 1.64. The van der Waals surface area contributed by atoms with Gasteiger partial charge in [0.05, 0.1) is 29.4 Å². The van der Waals surface area contributed by atoms with Crippen molar-refractivity contribution in [2.75, 3.05) is 7.11 Å². The molecule has 0 N–H and O–H groups in total. The molecule has 0 radical (unpaired) electrons. The van der Waals surface area contributed by atoms with Gasteiger partial charge >= 0.3 is 0 Å². The Morgan fingerprint density at radius 3 is 2.64 bits per heavy atom. The van der Waals surface area contributed by atoms with Gasteiger partial charge in [0.25, 0.3) is 5.56 Å². The number of aromatic carboxylic acids is 1. The van der Waals surface area contributed by atoms with E-state index in [4.69, 9.17) is 14.1 Å². The summed E-state index contributed by atoms with van der Waals surface area (Å²) in [5.74, 6) is 0.505. The van der Waals surface area contributed by atoms with Gasteiger partial charge in [0.2, 0.25) is 0 Å². The number of hydrogen-bond acceptors (Lipinski definition) is 7. The highest BCUT2D eigenvalue weighted by Gasteiger charge is 2.32. The quantitative estimate of drug-likeness (QED) is 0.313.